The summed E-state index contributed by atoms with van der Waals surface area (Å²) in [5.41, 5.74) is 3.59. The van der Waals surface area contributed by atoms with E-state index in [-0.39, 0.29) is 11.7 Å². The molecule has 0 bridgehead atoms. The lowest BCUT2D eigenvalue weighted by atomic mass is 10.1. The molecule has 27 heavy (non-hydrogen) atoms. The normalized spacial score (nSPS) is 10.8. The van der Waals surface area contributed by atoms with Crippen LogP contribution in [0.15, 0.2) is 41.6 Å². The number of benzene rings is 2. The van der Waals surface area contributed by atoms with E-state index < -0.39 is 0 Å². The van der Waals surface area contributed by atoms with Crippen molar-refractivity contribution in [3.63, 3.8) is 0 Å². The second-order valence-electron chi connectivity index (χ2n) is 5.91. The number of rotatable bonds is 5. The third-order valence-electron chi connectivity index (χ3n) is 3.87. The summed E-state index contributed by atoms with van der Waals surface area (Å²) < 4.78 is 2.49. The van der Waals surface area contributed by atoms with Crippen LogP contribution in [0.4, 0.5) is 5.69 Å². The fraction of sp³-hybridized carbons (Fsp3) is 0.167. The van der Waals surface area contributed by atoms with Crippen LogP contribution >= 0.6 is 46.0 Å². The van der Waals surface area contributed by atoms with E-state index in [0.29, 0.717) is 21.6 Å². The van der Waals surface area contributed by atoms with E-state index in [4.69, 9.17) is 17.4 Å². The molecule has 0 aliphatic heterocycles. The highest BCUT2D eigenvalue weighted by atomic mass is 127. The van der Waals surface area contributed by atoms with Gasteiger partial charge in [-0.15, -0.1) is 10.2 Å². The summed E-state index contributed by atoms with van der Waals surface area (Å²) >= 11 is 9.67. The maximum atomic E-state index is 12.4. The summed E-state index contributed by atoms with van der Waals surface area (Å²) in [7, 11) is 0. The molecule has 0 saturated carbocycles. The molecule has 0 radical (unpaired) electrons. The molecule has 1 aromatic heterocycles. The number of hydrogen-bond donors (Lipinski definition) is 2. The average Bonchev–Trinajstić information content (AvgIpc) is 2.97. The number of nitrogen functional groups attached to an aromatic ring is 1. The van der Waals surface area contributed by atoms with Crippen molar-refractivity contribution in [3.05, 3.63) is 56.1 Å². The zero-order valence-corrected chi connectivity index (χ0v) is 18.4. The summed E-state index contributed by atoms with van der Waals surface area (Å²) in [5, 5.41) is 12.1. The molecule has 3 rings (SSSR count). The van der Waals surface area contributed by atoms with Crippen molar-refractivity contribution < 1.29 is 4.79 Å². The lowest BCUT2D eigenvalue weighted by Gasteiger charge is -2.12. The van der Waals surface area contributed by atoms with E-state index in [2.05, 4.69) is 38.1 Å². The quantitative estimate of drug-likeness (QED) is 0.302. The Morgan fingerprint density at radius 1 is 1.26 bits per heavy atom. The van der Waals surface area contributed by atoms with Crippen molar-refractivity contribution in [2.24, 2.45) is 0 Å². The smallest absolute Gasteiger partial charge is 0.234 e. The highest BCUT2D eigenvalue weighted by Gasteiger charge is 2.16. The van der Waals surface area contributed by atoms with Gasteiger partial charge in [0.25, 0.3) is 0 Å². The fourth-order valence-electron chi connectivity index (χ4n) is 2.62. The molecular weight excluding hydrogens is 497 g/mol. The molecule has 0 saturated heterocycles. The van der Waals surface area contributed by atoms with Crippen molar-refractivity contribution in [2.75, 3.05) is 16.9 Å². The Morgan fingerprint density at radius 3 is 2.59 bits per heavy atom. The Labute approximate surface area is 180 Å². The number of nitrogens with one attached hydrogen (secondary N) is 1. The van der Waals surface area contributed by atoms with Gasteiger partial charge in [-0.25, -0.2) is 4.68 Å². The molecule has 140 valence electrons. The number of nitrogens with two attached hydrogens (primary N) is 1. The van der Waals surface area contributed by atoms with Gasteiger partial charge in [-0.1, -0.05) is 35.5 Å². The van der Waals surface area contributed by atoms with Crippen LogP contribution in [0.1, 0.15) is 11.1 Å². The molecule has 0 spiro atoms. The number of aromatic nitrogens is 3. The van der Waals surface area contributed by atoms with E-state index >= 15 is 0 Å². The highest BCUT2D eigenvalue weighted by Crippen LogP contribution is 2.28. The summed E-state index contributed by atoms with van der Waals surface area (Å²) in [4.78, 5) is 12.4. The number of nitrogens with zero attached hydrogens (tertiary/aromatic N) is 3. The van der Waals surface area contributed by atoms with Crippen LogP contribution in [0.25, 0.3) is 11.4 Å². The van der Waals surface area contributed by atoms with E-state index in [0.717, 1.165) is 20.4 Å². The summed E-state index contributed by atoms with van der Waals surface area (Å²) in [6.45, 7) is 3.95. The van der Waals surface area contributed by atoms with Gasteiger partial charge in [-0.3, -0.25) is 4.79 Å². The second-order valence-corrected chi connectivity index (χ2v) is 8.50. The predicted molar refractivity (Wildman–Crippen MR) is 119 cm³/mol. The molecular formula is C18H17ClIN5OS. The Balaban J connectivity index is 1.69. The number of hydrogen-bond acceptors (Lipinski definition) is 5. The van der Waals surface area contributed by atoms with Crippen LogP contribution in [0, 0.1) is 17.4 Å². The summed E-state index contributed by atoms with van der Waals surface area (Å²) in [6, 6.07) is 11.3. The SMILES string of the molecule is Cc1cc(I)cc(C)c1NC(=O)CSc1nnc(-c2ccccc2Cl)n1N. The molecule has 2 aromatic carbocycles. The maximum absolute atomic E-state index is 12.4. The zero-order chi connectivity index (χ0) is 19.6. The molecule has 3 N–H and O–H groups in total. The van der Waals surface area contributed by atoms with Gasteiger partial charge in [0.2, 0.25) is 11.1 Å². The first kappa shape index (κ1) is 20.0. The van der Waals surface area contributed by atoms with Gasteiger partial charge < -0.3 is 11.2 Å². The number of carbonyl (C=O) groups is 1. The number of halogens is 2. The number of thioether (sulfide) groups is 1. The third-order valence-corrected chi connectivity index (χ3v) is 5.77. The summed E-state index contributed by atoms with van der Waals surface area (Å²) in [6.07, 6.45) is 0. The van der Waals surface area contributed by atoms with Gasteiger partial charge in [0.05, 0.1) is 10.8 Å². The molecule has 1 amide bonds. The van der Waals surface area contributed by atoms with Gasteiger partial charge in [0.1, 0.15) is 0 Å². The number of carbonyl (C=O) groups excluding carboxylic acids is 1. The van der Waals surface area contributed by atoms with Crippen LogP contribution in [-0.2, 0) is 4.79 Å². The molecule has 9 heteroatoms. The van der Waals surface area contributed by atoms with Crippen LogP contribution in [0.5, 0.6) is 0 Å². The Morgan fingerprint density at radius 2 is 1.93 bits per heavy atom. The molecule has 0 aliphatic rings. The first-order chi connectivity index (χ1) is 12.9. The molecule has 1 heterocycles. The van der Waals surface area contributed by atoms with Crippen LogP contribution in [-0.4, -0.2) is 26.5 Å². The van der Waals surface area contributed by atoms with Crippen molar-refractivity contribution in [1.29, 1.82) is 0 Å². The monoisotopic (exact) mass is 513 g/mol. The van der Waals surface area contributed by atoms with E-state index in [1.807, 2.05) is 44.2 Å². The van der Waals surface area contributed by atoms with Crippen molar-refractivity contribution in [2.45, 2.75) is 19.0 Å². The van der Waals surface area contributed by atoms with E-state index in [9.17, 15) is 4.79 Å². The van der Waals surface area contributed by atoms with Gasteiger partial charge >= 0.3 is 0 Å². The minimum atomic E-state index is -0.130. The van der Waals surface area contributed by atoms with Gasteiger partial charge in [0, 0.05) is 14.8 Å². The molecule has 0 fully saturated rings. The van der Waals surface area contributed by atoms with Crippen LogP contribution in [0.3, 0.4) is 0 Å². The molecule has 0 atom stereocenters. The van der Waals surface area contributed by atoms with Crippen molar-refractivity contribution >= 4 is 57.5 Å². The lowest BCUT2D eigenvalue weighted by molar-refractivity contribution is -0.113. The molecule has 0 aliphatic carbocycles. The second kappa shape index (κ2) is 8.49. The molecule has 3 aromatic rings. The largest absolute Gasteiger partial charge is 0.335 e. The summed E-state index contributed by atoms with van der Waals surface area (Å²) in [5.74, 6) is 6.58. The Hall–Kier alpha value is -1.78. The van der Waals surface area contributed by atoms with Crippen molar-refractivity contribution in [3.8, 4) is 11.4 Å². The molecule has 6 nitrogen and oxygen atoms in total. The average molecular weight is 514 g/mol. The standard InChI is InChI=1S/C18H17ClIN5OS/c1-10-7-12(20)8-11(2)16(10)22-15(26)9-27-18-24-23-17(25(18)21)13-5-3-4-6-14(13)19/h3-8H,9,21H2,1-2H3,(H,22,26). The third kappa shape index (κ3) is 4.56. The van der Waals surface area contributed by atoms with Crippen molar-refractivity contribution in [1.82, 2.24) is 14.9 Å². The van der Waals surface area contributed by atoms with Crippen LogP contribution < -0.4 is 11.2 Å². The number of amides is 1. The Kier molecular flexibility index (Phi) is 6.28. The maximum Gasteiger partial charge on any atom is 0.234 e. The minimum Gasteiger partial charge on any atom is -0.335 e. The lowest BCUT2D eigenvalue weighted by Crippen LogP contribution is -2.17. The Bertz CT molecular complexity index is 984. The van der Waals surface area contributed by atoms with E-state index in [1.165, 1.54) is 16.4 Å². The van der Waals surface area contributed by atoms with Crippen LogP contribution in [0.2, 0.25) is 5.02 Å². The van der Waals surface area contributed by atoms with E-state index in [1.54, 1.807) is 6.07 Å². The van der Waals surface area contributed by atoms with Gasteiger partial charge in [-0.2, -0.15) is 0 Å². The highest BCUT2D eigenvalue weighted by molar-refractivity contribution is 14.1. The van der Waals surface area contributed by atoms with Gasteiger partial charge in [-0.05, 0) is 71.8 Å². The first-order valence-corrected chi connectivity index (χ1v) is 10.5. The number of anilines is 1. The minimum absolute atomic E-state index is 0.130. The predicted octanol–water partition coefficient (Wildman–Crippen LogP) is 4.26. The topological polar surface area (TPSA) is 85.8 Å². The zero-order valence-electron chi connectivity index (χ0n) is 14.7. The fourth-order valence-corrected chi connectivity index (χ4v) is 4.43. The molecule has 0 unspecified atom stereocenters. The first-order valence-electron chi connectivity index (χ1n) is 8.01. The number of aryl methyl sites for hydroxylation is 2. The van der Waals surface area contributed by atoms with Gasteiger partial charge in [0.15, 0.2) is 5.82 Å².